The molecule has 136 valence electrons. The molecule has 0 bridgehead atoms. The molecule has 0 saturated carbocycles. The summed E-state index contributed by atoms with van der Waals surface area (Å²) in [4.78, 5) is 12.9. The molecule has 0 radical (unpaired) electrons. The molecule has 2 aromatic rings. The number of rotatable bonds is 5. The van der Waals surface area contributed by atoms with Gasteiger partial charge in [0.05, 0.1) is 11.3 Å². The van der Waals surface area contributed by atoms with Crippen LogP contribution < -0.4 is 5.73 Å². The normalized spacial score (nSPS) is 16.2. The van der Waals surface area contributed by atoms with Gasteiger partial charge >= 0.3 is 0 Å². The molecular formula is C20H21NO4S. The Hall–Kier alpha value is -2.44. The maximum absolute atomic E-state index is 12.9. The Labute approximate surface area is 154 Å². The number of hydrogen-bond donors (Lipinski definition) is 2. The smallest absolute Gasteiger partial charge is 0.210 e. The van der Waals surface area contributed by atoms with Crippen LogP contribution in [0.5, 0.6) is 0 Å². The van der Waals surface area contributed by atoms with E-state index in [-0.39, 0.29) is 11.5 Å². The summed E-state index contributed by atoms with van der Waals surface area (Å²) in [5, 5.41) is 0. The van der Waals surface area contributed by atoms with Gasteiger partial charge in [0.1, 0.15) is 16.5 Å². The number of carbonyl (C=O) groups is 1. The Morgan fingerprint density at radius 2 is 1.46 bits per heavy atom. The Kier molecular flexibility index (Phi) is 4.98. The summed E-state index contributed by atoms with van der Waals surface area (Å²) in [6.45, 7) is 3.92. The van der Waals surface area contributed by atoms with Crippen molar-refractivity contribution in [2.24, 2.45) is 5.73 Å². The number of nitrogens with two attached hydrogens (primary N) is 1. The molecule has 2 N–H and O–H groups in total. The van der Waals surface area contributed by atoms with E-state index in [4.69, 9.17) is 10.5 Å². The summed E-state index contributed by atoms with van der Waals surface area (Å²) in [7, 11) is -2.48. The fourth-order valence-electron chi connectivity index (χ4n) is 2.94. The van der Waals surface area contributed by atoms with E-state index in [1.807, 2.05) is 24.3 Å². The highest BCUT2D eigenvalue weighted by Crippen LogP contribution is 2.41. The maximum Gasteiger partial charge on any atom is 0.210 e. The van der Waals surface area contributed by atoms with Gasteiger partial charge in [-0.05, 0) is 30.5 Å². The van der Waals surface area contributed by atoms with Gasteiger partial charge in [0.25, 0.3) is 0 Å². The molecule has 26 heavy (non-hydrogen) atoms. The zero-order valence-electron chi connectivity index (χ0n) is 14.7. The Morgan fingerprint density at radius 1 is 0.923 bits per heavy atom. The SMILES string of the molecule is CC1(C)OC(c2ccc(C[SH](=O)=O)cc2)=C(c2ccc(CN)cc2)C1=O. The molecule has 0 unspecified atom stereocenters. The van der Waals surface area contributed by atoms with Crippen LogP contribution in [0.3, 0.4) is 0 Å². The molecule has 3 rings (SSSR count). The third-order valence-electron chi connectivity index (χ3n) is 4.36. The number of hydrogen-bond acceptors (Lipinski definition) is 5. The average Bonchev–Trinajstić information content (AvgIpc) is 2.85. The molecule has 1 heterocycles. The number of ketones is 1. The fourth-order valence-corrected chi connectivity index (χ4v) is 3.45. The predicted octanol–water partition coefficient (Wildman–Crippen LogP) is 2.50. The van der Waals surface area contributed by atoms with E-state index in [1.54, 1.807) is 38.1 Å². The first-order chi connectivity index (χ1) is 12.3. The van der Waals surface area contributed by atoms with E-state index in [1.165, 1.54) is 0 Å². The lowest BCUT2D eigenvalue weighted by Gasteiger charge is -2.17. The summed E-state index contributed by atoms with van der Waals surface area (Å²) >= 11 is 0. The van der Waals surface area contributed by atoms with Gasteiger partial charge in [-0.1, -0.05) is 48.5 Å². The van der Waals surface area contributed by atoms with Crippen LogP contribution in [-0.4, -0.2) is 19.8 Å². The van der Waals surface area contributed by atoms with Gasteiger partial charge in [0.2, 0.25) is 5.78 Å². The number of ether oxygens (including phenoxy) is 1. The van der Waals surface area contributed by atoms with Crippen LogP contribution in [0.25, 0.3) is 11.3 Å². The van der Waals surface area contributed by atoms with E-state index >= 15 is 0 Å². The van der Waals surface area contributed by atoms with E-state index < -0.39 is 16.3 Å². The monoisotopic (exact) mass is 371 g/mol. The van der Waals surface area contributed by atoms with E-state index in [2.05, 4.69) is 0 Å². The molecule has 5 nitrogen and oxygen atoms in total. The Morgan fingerprint density at radius 3 is 2.00 bits per heavy atom. The van der Waals surface area contributed by atoms with Crippen molar-refractivity contribution in [1.29, 1.82) is 0 Å². The second-order valence-electron chi connectivity index (χ2n) is 6.73. The van der Waals surface area contributed by atoms with Gasteiger partial charge in [0.15, 0.2) is 5.60 Å². The lowest BCUT2D eigenvalue weighted by atomic mass is 9.92. The highest BCUT2D eigenvalue weighted by atomic mass is 32.2. The van der Waals surface area contributed by atoms with Gasteiger partial charge in [-0.2, -0.15) is 0 Å². The molecule has 0 spiro atoms. The largest absolute Gasteiger partial charge is 0.478 e. The van der Waals surface area contributed by atoms with Crippen molar-refractivity contribution in [3.05, 3.63) is 70.8 Å². The molecule has 0 aromatic heterocycles. The third kappa shape index (κ3) is 3.57. The molecule has 0 amide bonds. The van der Waals surface area contributed by atoms with Gasteiger partial charge in [-0.3, -0.25) is 4.79 Å². The molecule has 1 aliphatic rings. The summed E-state index contributed by atoms with van der Waals surface area (Å²) in [5.41, 5.74) is 8.42. The van der Waals surface area contributed by atoms with Crippen molar-refractivity contribution in [3.63, 3.8) is 0 Å². The van der Waals surface area contributed by atoms with Crippen LogP contribution in [0, 0.1) is 0 Å². The first kappa shape index (κ1) is 18.4. The molecule has 1 aliphatic heterocycles. The van der Waals surface area contributed by atoms with E-state index in [9.17, 15) is 13.2 Å². The number of benzene rings is 2. The molecule has 0 saturated heterocycles. The second-order valence-corrected chi connectivity index (χ2v) is 7.72. The summed E-state index contributed by atoms with van der Waals surface area (Å²) in [5.74, 6) is 0.422. The minimum Gasteiger partial charge on any atom is -0.478 e. The lowest BCUT2D eigenvalue weighted by molar-refractivity contribution is -0.125. The molecule has 0 atom stereocenters. The van der Waals surface area contributed by atoms with Crippen LogP contribution >= 0.6 is 0 Å². The van der Waals surface area contributed by atoms with Crippen LogP contribution in [0.15, 0.2) is 48.5 Å². The van der Waals surface area contributed by atoms with Gasteiger partial charge < -0.3 is 10.5 Å². The van der Waals surface area contributed by atoms with Gasteiger partial charge in [0, 0.05) is 12.1 Å². The Bertz CT molecular complexity index is 931. The summed E-state index contributed by atoms with van der Waals surface area (Å²) in [6, 6.07) is 14.6. The summed E-state index contributed by atoms with van der Waals surface area (Å²) in [6.07, 6.45) is 0. The first-order valence-corrected chi connectivity index (χ1v) is 9.66. The van der Waals surface area contributed by atoms with Crippen molar-refractivity contribution in [3.8, 4) is 0 Å². The zero-order chi connectivity index (χ0) is 18.9. The highest BCUT2D eigenvalue weighted by Gasteiger charge is 2.42. The second kappa shape index (κ2) is 7.05. The summed E-state index contributed by atoms with van der Waals surface area (Å²) < 4.78 is 27.7. The third-order valence-corrected chi connectivity index (χ3v) is 4.99. The molecule has 6 heteroatoms. The van der Waals surface area contributed by atoms with E-state index in [0.29, 0.717) is 23.4 Å². The quantitative estimate of drug-likeness (QED) is 0.789. The van der Waals surface area contributed by atoms with Crippen LogP contribution in [0.4, 0.5) is 0 Å². The fraction of sp³-hybridized carbons (Fsp3) is 0.250. The lowest BCUT2D eigenvalue weighted by Crippen LogP contribution is -2.29. The molecule has 0 aliphatic carbocycles. The maximum atomic E-state index is 12.9. The first-order valence-electron chi connectivity index (χ1n) is 8.30. The van der Waals surface area contributed by atoms with Crippen molar-refractivity contribution in [1.82, 2.24) is 0 Å². The molecular weight excluding hydrogens is 350 g/mol. The minimum atomic E-state index is -2.48. The number of Topliss-reactive ketones (excluding diaryl/α,β-unsaturated/α-hetero) is 1. The van der Waals surface area contributed by atoms with Crippen molar-refractivity contribution in [2.45, 2.75) is 31.7 Å². The van der Waals surface area contributed by atoms with E-state index in [0.717, 1.165) is 16.7 Å². The standard InChI is InChI=1S/C20H21NO4S/c1-20(2)19(22)17(15-7-3-13(11-21)4-8-15)18(25-20)16-9-5-14(6-10-16)12-26(23)24/h3-10,26H,11-12,21H2,1-2H3. The number of thiol groups is 1. The minimum absolute atomic E-state index is 0.00660. The number of carbonyl (C=O) groups excluding carboxylic acids is 1. The van der Waals surface area contributed by atoms with Crippen molar-refractivity contribution < 1.29 is 17.9 Å². The average molecular weight is 371 g/mol. The van der Waals surface area contributed by atoms with Crippen molar-refractivity contribution in [2.75, 3.05) is 0 Å². The topological polar surface area (TPSA) is 86.5 Å². The van der Waals surface area contributed by atoms with Crippen molar-refractivity contribution >= 4 is 27.8 Å². The highest BCUT2D eigenvalue weighted by molar-refractivity contribution is 7.71. The molecule has 0 fully saturated rings. The molecule has 2 aromatic carbocycles. The zero-order valence-corrected chi connectivity index (χ0v) is 15.6. The van der Waals surface area contributed by atoms with Crippen LogP contribution in [0.2, 0.25) is 0 Å². The Balaban J connectivity index is 2.06. The van der Waals surface area contributed by atoms with Crippen LogP contribution in [0.1, 0.15) is 36.1 Å². The van der Waals surface area contributed by atoms with Gasteiger partial charge in [-0.15, -0.1) is 0 Å². The predicted molar refractivity (Wildman–Crippen MR) is 102 cm³/mol. The van der Waals surface area contributed by atoms with Crippen LogP contribution in [-0.2, 0) is 32.5 Å². The van der Waals surface area contributed by atoms with Gasteiger partial charge in [-0.25, -0.2) is 8.42 Å².